The third kappa shape index (κ3) is 4.42. The fraction of sp³-hybridized carbons (Fsp3) is 0.533. The first kappa shape index (κ1) is 16.3. The van der Waals surface area contributed by atoms with E-state index >= 15 is 0 Å². The molecule has 1 amide bonds. The monoisotopic (exact) mass is 278 g/mol. The summed E-state index contributed by atoms with van der Waals surface area (Å²) in [5, 5.41) is 0. The molecule has 0 bridgehead atoms. The Hall–Kier alpha value is -1.75. The van der Waals surface area contributed by atoms with E-state index in [4.69, 9.17) is 5.73 Å². The van der Waals surface area contributed by atoms with Crippen LogP contribution in [0.3, 0.4) is 0 Å². The van der Waals surface area contributed by atoms with Crippen molar-refractivity contribution in [1.29, 1.82) is 0 Å². The predicted octanol–water partition coefficient (Wildman–Crippen LogP) is 1.36. The molecule has 1 rings (SSSR count). The minimum absolute atomic E-state index is 0.000500. The fourth-order valence-electron chi connectivity index (χ4n) is 2.03. The standard InChI is InChI=1S/C15H26N4O/c1-17(2)9-6-10-19(5)14-11-12(16)7-8-13(14)15(20)18(3)4/h7-8,11H,6,9-10,16H2,1-5H3. The quantitative estimate of drug-likeness (QED) is 0.798. The zero-order valence-electron chi connectivity index (χ0n) is 13.2. The number of carbonyl (C=O) groups excluding carboxylic acids is 1. The second-order valence-corrected chi connectivity index (χ2v) is 5.55. The molecule has 0 saturated carbocycles. The lowest BCUT2D eigenvalue weighted by Gasteiger charge is -2.24. The molecule has 1 aromatic rings. The molecule has 0 aliphatic carbocycles. The summed E-state index contributed by atoms with van der Waals surface area (Å²) in [5.41, 5.74) is 8.12. The van der Waals surface area contributed by atoms with Crippen LogP contribution in [0.2, 0.25) is 0 Å². The van der Waals surface area contributed by atoms with Crippen molar-refractivity contribution in [3.05, 3.63) is 23.8 Å². The van der Waals surface area contributed by atoms with Crippen LogP contribution in [0, 0.1) is 0 Å². The summed E-state index contributed by atoms with van der Waals surface area (Å²) in [4.78, 5) is 18.0. The molecule has 5 nitrogen and oxygen atoms in total. The normalized spacial score (nSPS) is 10.7. The number of nitrogens with zero attached hydrogens (tertiary/aromatic N) is 3. The average Bonchev–Trinajstić information content (AvgIpc) is 2.37. The Balaban J connectivity index is 2.91. The van der Waals surface area contributed by atoms with Crippen LogP contribution in [0.1, 0.15) is 16.8 Å². The number of nitrogen functional groups attached to an aromatic ring is 1. The van der Waals surface area contributed by atoms with E-state index in [9.17, 15) is 4.79 Å². The molecule has 20 heavy (non-hydrogen) atoms. The maximum Gasteiger partial charge on any atom is 0.255 e. The van der Waals surface area contributed by atoms with Crippen molar-refractivity contribution >= 4 is 17.3 Å². The zero-order chi connectivity index (χ0) is 15.3. The van der Waals surface area contributed by atoms with E-state index in [1.54, 1.807) is 31.1 Å². The Morgan fingerprint density at radius 2 is 1.75 bits per heavy atom. The zero-order valence-corrected chi connectivity index (χ0v) is 13.2. The second-order valence-electron chi connectivity index (χ2n) is 5.55. The smallest absolute Gasteiger partial charge is 0.255 e. The Kier molecular flexibility index (Phi) is 5.82. The van der Waals surface area contributed by atoms with E-state index in [-0.39, 0.29) is 5.91 Å². The van der Waals surface area contributed by atoms with Gasteiger partial charge in [-0.3, -0.25) is 4.79 Å². The Labute approximate surface area is 121 Å². The molecular weight excluding hydrogens is 252 g/mol. The largest absolute Gasteiger partial charge is 0.399 e. The lowest BCUT2D eigenvalue weighted by atomic mass is 10.1. The van der Waals surface area contributed by atoms with E-state index in [1.165, 1.54) is 0 Å². The van der Waals surface area contributed by atoms with E-state index in [0.29, 0.717) is 11.3 Å². The summed E-state index contributed by atoms with van der Waals surface area (Å²) in [6.45, 7) is 1.90. The van der Waals surface area contributed by atoms with Gasteiger partial charge in [0.15, 0.2) is 0 Å². The number of anilines is 2. The van der Waals surface area contributed by atoms with Crippen LogP contribution in [0.4, 0.5) is 11.4 Å². The molecule has 5 heteroatoms. The molecular formula is C15H26N4O. The summed E-state index contributed by atoms with van der Waals surface area (Å²) in [5.74, 6) is -0.000500. The van der Waals surface area contributed by atoms with Gasteiger partial charge >= 0.3 is 0 Å². The van der Waals surface area contributed by atoms with E-state index in [0.717, 1.165) is 25.2 Å². The van der Waals surface area contributed by atoms with Gasteiger partial charge in [-0.1, -0.05) is 0 Å². The first-order chi connectivity index (χ1) is 9.32. The molecule has 0 aliphatic heterocycles. The number of hydrogen-bond acceptors (Lipinski definition) is 4. The van der Waals surface area contributed by atoms with Crippen LogP contribution in [0.5, 0.6) is 0 Å². The summed E-state index contributed by atoms with van der Waals surface area (Å²) >= 11 is 0. The minimum Gasteiger partial charge on any atom is -0.399 e. The van der Waals surface area contributed by atoms with Crippen molar-refractivity contribution in [3.8, 4) is 0 Å². The molecule has 0 aromatic heterocycles. The van der Waals surface area contributed by atoms with Gasteiger partial charge in [-0.2, -0.15) is 0 Å². The molecule has 0 aliphatic rings. The minimum atomic E-state index is -0.000500. The highest BCUT2D eigenvalue weighted by Crippen LogP contribution is 2.24. The summed E-state index contributed by atoms with van der Waals surface area (Å²) in [6, 6.07) is 5.44. The van der Waals surface area contributed by atoms with E-state index in [1.807, 2.05) is 13.1 Å². The van der Waals surface area contributed by atoms with Crippen molar-refractivity contribution in [2.45, 2.75) is 6.42 Å². The molecule has 112 valence electrons. The lowest BCUT2D eigenvalue weighted by Crippen LogP contribution is -2.28. The third-order valence-corrected chi connectivity index (χ3v) is 3.17. The van der Waals surface area contributed by atoms with E-state index < -0.39 is 0 Å². The topological polar surface area (TPSA) is 52.8 Å². The third-order valence-electron chi connectivity index (χ3n) is 3.17. The number of rotatable bonds is 6. The van der Waals surface area contributed by atoms with Crippen molar-refractivity contribution in [2.24, 2.45) is 0 Å². The van der Waals surface area contributed by atoms with Gasteiger partial charge in [0.2, 0.25) is 0 Å². The van der Waals surface area contributed by atoms with Crippen LogP contribution < -0.4 is 10.6 Å². The van der Waals surface area contributed by atoms with Gasteiger partial charge in [-0.05, 0) is 45.3 Å². The van der Waals surface area contributed by atoms with Crippen LogP contribution >= 0.6 is 0 Å². The van der Waals surface area contributed by atoms with Gasteiger partial charge in [0, 0.05) is 33.4 Å². The molecule has 0 radical (unpaired) electrons. The summed E-state index contributed by atoms with van der Waals surface area (Å²) in [7, 11) is 9.63. The van der Waals surface area contributed by atoms with Crippen molar-refractivity contribution in [1.82, 2.24) is 9.80 Å². The van der Waals surface area contributed by atoms with Gasteiger partial charge in [0.1, 0.15) is 0 Å². The van der Waals surface area contributed by atoms with E-state index in [2.05, 4.69) is 23.9 Å². The van der Waals surface area contributed by atoms with Crippen LogP contribution in [-0.2, 0) is 0 Å². The van der Waals surface area contributed by atoms with Gasteiger partial charge in [-0.25, -0.2) is 0 Å². The number of benzene rings is 1. The van der Waals surface area contributed by atoms with Crippen LogP contribution in [0.15, 0.2) is 18.2 Å². The molecule has 0 fully saturated rings. The maximum absolute atomic E-state index is 12.2. The van der Waals surface area contributed by atoms with Gasteiger partial charge in [-0.15, -0.1) is 0 Å². The maximum atomic E-state index is 12.2. The molecule has 0 saturated heterocycles. The molecule has 1 aromatic carbocycles. The summed E-state index contributed by atoms with van der Waals surface area (Å²) in [6.07, 6.45) is 1.04. The molecule has 2 N–H and O–H groups in total. The van der Waals surface area contributed by atoms with Gasteiger partial charge < -0.3 is 20.4 Å². The molecule has 0 unspecified atom stereocenters. The van der Waals surface area contributed by atoms with Gasteiger partial charge in [0.05, 0.1) is 11.3 Å². The number of nitrogens with two attached hydrogens (primary N) is 1. The molecule has 0 heterocycles. The van der Waals surface area contributed by atoms with Crippen molar-refractivity contribution in [3.63, 3.8) is 0 Å². The highest BCUT2D eigenvalue weighted by Gasteiger charge is 2.16. The Morgan fingerprint density at radius 1 is 1.10 bits per heavy atom. The Morgan fingerprint density at radius 3 is 2.30 bits per heavy atom. The SMILES string of the molecule is CN(C)CCCN(C)c1cc(N)ccc1C(=O)N(C)C. The summed E-state index contributed by atoms with van der Waals surface area (Å²) < 4.78 is 0. The highest BCUT2D eigenvalue weighted by molar-refractivity contribution is 6.00. The first-order valence-electron chi connectivity index (χ1n) is 6.80. The highest BCUT2D eigenvalue weighted by atomic mass is 16.2. The second kappa shape index (κ2) is 7.14. The number of amides is 1. The molecule has 0 spiro atoms. The molecule has 0 atom stereocenters. The average molecular weight is 278 g/mol. The van der Waals surface area contributed by atoms with Crippen LogP contribution in [-0.4, -0.2) is 64.0 Å². The predicted molar refractivity (Wildman–Crippen MR) is 85.3 cm³/mol. The van der Waals surface area contributed by atoms with Crippen molar-refractivity contribution in [2.75, 3.05) is 59.0 Å². The van der Waals surface area contributed by atoms with Gasteiger partial charge in [0.25, 0.3) is 5.91 Å². The number of carbonyl (C=O) groups is 1. The van der Waals surface area contributed by atoms with Crippen LogP contribution in [0.25, 0.3) is 0 Å². The Bertz CT molecular complexity index is 457. The number of hydrogen-bond donors (Lipinski definition) is 1. The lowest BCUT2D eigenvalue weighted by molar-refractivity contribution is 0.0828. The fourth-order valence-corrected chi connectivity index (χ4v) is 2.03. The van der Waals surface area contributed by atoms with Crippen molar-refractivity contribution < 1.29 is 4.79 Å². The first-order valence-corrected chi connectivity index (χ1v) is 6.80.